The number of nitrogens with zero attached hydrogens (tertiary/aromatic N) is 1. The number of rotatable bonds is 2. The maximum atomic E-state index is 6.10. The largest absolute Gasteiger partial charge is 0.494 e. The monoisotopic (exact) mass is 299 g/mol. The third kappa shape index (κ3) is 1.89. The Balaban J connectivity index is 2.82. The number of aromatic nitrogens is 1. The van der Waals surface area contributed by atoms with Gasteiger partial charge < -0.3 is 4.74 Å². The van der Waals surface area contributed by atoms with Gasteiger partial charge in [0.25, 0.3) is 0 Å². The molecule has 0 saturated heterocycles. The fourth-order valence-corrected chi connectivity index (χ4v) is 2.34. The molecule has 2 nitrogen and oxygen atoms in total. The van der Waals surface area contributed by atoms with Crippen LogP contribution in [-0.2, 0) is 6.42 Å². The molecular weight excluding hydrogens is 289 g/mol. The zero-order valence-corrected chi connectivity index (χ0v) is 11.4. The molecule has 1 heterocycles. The number of benzene rings is 1. The predicted molar refractivity (Wildman–Crippen MR) is 70.4 cm³/mol. The van der Waals surface area contributed by atoms with Crippen LogP contribution in [0.25, 0.3) is 10.9 Å². The molecule has 1 aromatic carbocycles. The zero-order valence-electron chi connectivity index (χ0n) is 9.05. The molecule has 0 amide bonds. The highest BCUT2D eigenvalue weighted by molar-refractivity contribution is 9.10. The van der Waals surface area contributed by atoms with Crippen molar-refractivity contribution in [3.8, 4) is 5.75 Å². The summed E-state index contributed by atoms with van der Waals surface area (Å²) in [5.41, 5.74) is 1.84. The standard InChI is InChI=1S/C12H11BrClNO/c1-3-7-6-8-9(13)4-5-10(16-2)11(8)15-12(7)14/h4-6H,3H2,1-2H3. The molecule has 84 valence electrons. The van der Waals surface area contributed by atoms with Crippen LogP contribution in [0.15, 0.2) is 22.7 Å². The molecule has 0 bridgehead atoms. The molecule has 2 aromatic rings. The van der Waals surface area contributed by atoms with Gasteiger partial charge in [0.05, 0.1) is 7.11 Å². The van der Waals surface area contributed by atoms with Gasteiger partial charge in [0.1, 0.15) is 16.4 Å². The van der Waals surface area contributed by atoms with Gasteiger partial charge in [-0.05, 0) is 30.2 Å². The van der Waals surface area contributed by atoms with Gasteiger partial charge in [0.15, 0.2) is 0 Å². The van der Waals surface area contributed by atoms with E-state index in [0.29, 0.717) is 5.15 Å². The topological polar surface area (TPSA) is 22.1 Å². The third-order valence-electron chi connectivity index (χ3n) is 2.52. The number of aryl methyl sites for hydroxylation is 1. The maximum Gasteiger partial charge on any atom is 0.145 e. The molecule has 0 saturated carbocycles. The average Bonchev–Trinajstić information content (AvgIpc) is 2.29. The van der Waals surface area contributed by atoms with Crippen LogP contribution < -0.4 is 4.74 Å². The molecule has 0 aliphatic carbocycles. The van der Waals surface area contributed by atoms with Crippen LogP contribution in [0.1, 0.15) is 12.5 Å². The Morgan fingerprint density at radius 1 is 1.44 bits per heavy atom. The van der Waals surface area contributed by atoms with Gasteiger partial charge in [-0.15, -0.1) is 0 Å². The summed E-state index contributed by atoms with van der Waals surface area (Å²) in [6.07, 6.45) is 0.866. The fraction of sp³-hybridized carbons (Fsp3) is 0.250. The van der Waals surface area contributed by atoms with E-state index in [1.807, 2.05) is 12.1 Å². The molecule has 2 rings (SSSR count). The van der Waals surface area contributed by atoms with Crippen molar-refractivity contribution < 1.29 is 4.74 Å². The van der Waals surface area contributed by atoms with Gasteiger partial charge in [0.2, 0.25) is 0 Å². The van der Waals surface area contributed by atoms with E-state index in [1.54, 1.807) is 7.11 Å². The third-order valence-corrected chi connectivity index (χ3v) is 3.54. The van der Waals surface area contributed by atoms with Gasteiger partial charge in [-0.25, -0.2) is 4.98 Å². The number of fused-ring (bicyclic) bond motifs is 1. The van der Waals surface area contributed by atoms with E-state index in [9.17, 15) is 0 Å². The highest BCUT2D eigenvalue weighted by atomic mass is 79.9. The van der Waals surface area contributed by atoms with Gasteiger partial charge in [-0.3, -0.25) is 0 Å². The second-order valence-electron chi connectivity index (χ2n) is 3.44. The highest BCUT2D eigenvalue weighted by Gasteiger charge is 2.10. The molecule has 0 aliphatic rings. The maximum absolute atomic E-state index is 6.10. The number of methoxy groups -OCH3 is 1. The van der Waals surface area contributed by atoms with E-state index in [1.165, 1.54) is 0 Å². The summed E-state index contributed by atoms with van der Waals surface area (Å²) in [4.78, 5) is 4.39. The molecule has 0 N–H and O–H groups in total. The van der Waals surface area contributed by atoms with Crippen molar-refractivity contribution >= 4 is 38.4 Å². The summed E-state index contributed by atoms with van der Waals surface area (Å²) < 4.78 is 6.27. The van der Waals surface area contributed by atoms with Crippen LogP contribution >= 0.6 is 27.5 Å². The van der Waals surface area contributed by atoms with E-state index in [-0.39, 0.29) is 0 Å². The van der Waals surface area contributed by atoms with Crippen LogP contribution in [0.5, 0.6) is 5.75 Å². The second-order valence-corrected chi connectivity index (χ2v) is 4.65. The first-order valence-corrected chi connectivity index (χ1v) is 6.16. The van der Waals surface area contributed by atoms with E-state index in [2.05, 4.69) is 33.9 Å². The van der Waals surface area contributed by atoms with E-state index in [0.717, 1.165) is 33.1 Å². The summed E-state index contributed by atoms with van der Waals surface area (Å²) in [6, 6.07) is 5.88. The molecule has 0 aliphatic heterocycles. The first kappa shape index (κ1) is 11.7. The fourth-order valence-electron chi connectivity index (χ4n) is 1.63. The first-order chi connectivity index (χ1) is 7.67. The lowest BCUT2D eigenvalue weighted by molar-refractivity contribution is 0.419. The molecular formula is C12H11BrClNO. The van der Waals surface area contributed by atoms with Crippen molar-refractivity contribution in [2.45, 2.75) is 13.3 Å². The Morgan fingerprint density at radius 3 is 2.81 bits per heavy atom. The molecule has 0 atom stereocenters. The number of hydrogen-bond acceptors (Lipinski definition) is 2. The van der Waals surface area contributed by atoms with Crippen LogP contribution in [0.3, 0.4) is 0 Å². The van der Waals surface area contributed by atoms with Gasteiger partial charge in [-0.1, -0.05) is 34.5 Å². The molecule has 0 radical (unpaired) electrons. The summed E-state index contributed by atoms with van der Waals surface area (Å²) in [6.45, 7) is 2.06. The summed E-state index contributed by atoms with van der Waals surface area (Å²) in [7, 11) is 1.63. The van der Waals surface area contributed by atoms with Crippen LogP contribution in [0.4, 0.5) is 0 Å². The first-order valence-electron chi connectivity index (χ1n) is 4.99. The number of hydrogen-bond donors (Lipinski definition) is 0. The molecule has 0 unspecified atom stereocenters. The Labute approximate surface area is 108 Å². The van der Waals surface area contributed by atoms with Crippen molar-refractivity contribution in [2.24, 2.45) is 0 Å². The van der Waals surface area contributed by atoms with E-state index in [4.69, 9.17) is 16.3 Å². The molecule has 0 spiro atoms. The smallest absolute Gasteiger partial charge is 0.145 e. The zero-order chi connectivity index (χ0) is 11.7. The minimum atomic E-state index is 0.548. The Kier molecular flexibility index (Phi) is 3.36. The number of halogens is 2. The lowest BCUT2D eigenvalue weighted by atomic mass is 10.1. The highest BCUT2D eigenvalue weighted by Crippen LogP contribution is 2.32. The van der Waals surface area contributed by atoms with E-state index >= 15 is 0 Å². The Bertz CT molecular complexity index is 542. The average molecular weight is 301 g/mol. The molecule has 16 heavy (non-hydrogen) atoms. The quantitative estimate of drug-likeness (QED) is 0.775. The molecule has 0 fully saturated rings. The summed E-state index contributed by atoms with van der Waals surface area (Å²) in [5.74, 6) is 0.739. The van der Waals surface area contributed by atoms with Crippen molar-refractivity contribution in [2.75, 3.05) is 7.11 Å². The minimum Gasteiger partial charge on any atom is -0.494 e. The molecule has 4 heteroatoms. The minimum absolute atomic E-state index is 0.548. The summed E-state index contributed by atoms with van der Waals surface area (Å²) >= 11 is 9.61. The van der Waals surface area contributed by atoms with Crippen molar-refractivity contribution in [3.05, 3.63) is 33.4 Å². The Hall–Kier alpha value is -0.800. The normalized spacial score (nSPS) is 10.8. The lowest BCUT2D eigenvalue weighted by Gasteiger charge is -2.09. The SMILES string of the molecule is CCc1cc2c(Br)ccc(OC)c2nc1Cl. The Morgan fingerprint density at radius 2 is 2.19 bits per heavy atom. The van der Waals surface area contributed by atoms with Crippen LogP contribution in [0.2, 0.25) is 5.15 Å². The van der Waals surface area contributed by atoms with E-state index < -0.39 is 0 Å². The van der Waals surface area contributed by atoms with Gasteiger partial charge in [0, 0.05) is 9.86 Å². The van der Waals surface area contributed by atoms with Crippen molar-refractivity contribution in [3.63, 3.8) is 0 Å². The molecule has 1 aromatic heterocycles. The van der Waals surface area contributed by atoms with Gasteiger partial charge >= 0.3 is 0 Å². The van der Waals surface area contributed by atoms with Crippen LogP contribution in [0, 0.1) is 0 Å². The van der Waals surface area contributed by atoms with Crippen LogP contribution in [-0.4, -0.2) is 12.1 Å². The predicted octanol–water partition coefficient (Wildman–Crippen LogP) is 4.22. The summed E-state index contributed by atoms with van der Waals surface area (Å²) in [5, 5.41) is 1.58. The second kappa shape index (κ2) is 4.60. The number of ether oxygens (including phenoxy) is 1. The number of pyridine rings is 1. The van der Waals surface area contributed by atoms with Crippen molar-refractivity contribution in [1.29, 1.82) is 0 Å². The van der Waals surface area contributed by atoms with Gasteiger partial charge in [-0.2, -0.15) is 0 Å². The lowest BCUT2D eigenvalue weighted by Crippen LogP contribution is -1.92. The van der Waals surface area contributed by atoms with Crippen molar-refractivity contribution in [1.82, 2.24) is 4.98 Å².